The first kappa shape index (κ1) is 104. The van der Waals surface area contributed by atoms with Crippen LogP contribution in [0.25, 0.3) is 0 Å². The van der Waals surface area contributed by atoms with E-state index in [0.717, 1.165) is 95.8 Å². The number of aliphatic hydroxyl groups excluding tert-OH is 1. The van der Waals surface area contributed by atoms with Crippen LogP contribution in [0.1, 0.15) is 471 Å². The second-order valence-corrected chi connectivity index (χ2v) is 34.7. The van der Waals surface area contributed by atoms with Crippen LogP contribution < -0.4 is 0 Å². The average molecular weight is 1550 g/mol. The highest BCUT2D eigenvalue weighted by Gasteiger charge is 2.30. The highest BCUT2D eigenvalue weighted by Crippen LogP contribution is 2.45. The van der Waals surface area contributed by atoms with Gasteiger partial charge in [0.1, 0.15) is 19.3 Å². The number of aliphatic hydroxyl groups is 1. The van der Waals surface area contributed by atoms with Crippen LogP contribution in [0.15, 0.2) is 0 Å². The molecule has 0 aliphatic carbocycles. The fourth-order valence-corrected chi connectivity index (χ4v) is 15.2. The highest BCUT2D eigenvalue weighted by molar-refractivity contribution is 7.47. The first-order valence-electron chi connectivity index (χ1n) is 45.1. The predicted molar refractivity (Wildman–Crippen MR) is 437 cm³/mol. The number of carbonyl (C=O) groups excluding carboxylic acids is 4. The molecule has 0 radical (unpaired) electrons. The second-order valence-electron chi connectivity index (χ2n) is 31.8. The molecule has 0 saturated carbocycles. The number of esters is 4. The normalized spacial score (nSPS) is 13.7. The van der Waals surface area contributed by atoms with Gasteiger partial charge in [-0.05, 0) is 31.6 Å². The Kier molecular flexibility index (Phi) is 78.2. The summed E-state index contributed by atoms with van der Waals surface area (Å²) in [6, 6.07) is 0. The number of hydrogen-bond donors (Lipinski definition) is 3. The van der Waals surface area contributed by atoms with Crippen molar-refractivity contribution < 1.29 is 80.2 Å². The zero-order valence-corrected chi connectivity index (χ0v) is 71.4. The van der Waals surface area contributed by atoms with Gasteiger partial charge in [0.25, 0.3) is 0 Å². The van der Waals surface area contributed by atoms with E-state index in [1.54, 1.807) is 0 Å². The fourth-order valence-electron chi connectivity index (χ4n) is 13.6. The molecule has 17 nitrogen and oxygen atoms in total. The van der Waals surface area contributed by atoms with Gasteiger partial charge in [0.2, 0.25) is 0 Å². The molecule has 0 fully saturated rings. The molecule has 3 N–H and O–H groups in total. The van der Waals surface area contributed by atoms with Gasteiger partial charge in [-0.15, -0.1) is 0 Å². The average Bonchev–Trinajstić information content (AvgIpc) is 0.904. The van der Waals surface area contributed by atoms with Gasteiger partial charge in [-0.3, -0.25) is 37.3 Å². The van der Waals surface area contributed by atoms with Gasteiger partial charge in [0.05, 0.1) is 26.4 Å². The van der Waals surface area contributed by atoms with Gasteiger partial charge in [-0.2, -0.15) is 0 Å². The van der Waals surface area contributed by atoms with Gasteiger partial charge in [-0.25, -0.2) is 9.13 Å². The molecule has 630 valence electrons. The molecular formula is C87H170O17P2. The molecule has 106 heavy (non-hydrogen) atoms. The van der Waals surface area contributed by atoms with Crippen LogP contribution in [0.4, 0.5) is 0 Å². The van der Waals surface area contributed by atoms with E-state index >= 15 is 0 Å². The predicted octanol–water partition coefficient (Wildman–Crippen LogP) is 26.8. The molecule has 0 bridgehead atoms. The van der Waals surface area contributed by atoms with Crippen molar-refractivity contribution >= 4 is 39.5 Å². The third kappa shape index (κ3) is 80.1. The fraction of sp³-hybridized carbons (Fsp3) is 0.954. The van der Waals surface area contributed by atoms with Crippen LogP contribution in [0.5, 0.6) is 0 Å². The summed E-state index contributed by atoms with van der Waals surface area (Å²) in [5, 5.41) is 10.7. The molecule has 5 atom stereocenters. The number of phosphoric acid groups is 2. The van der Waals surface area contributed by atoms with Crippen molar-refractivity contribution in [2.75, 3.05) is 39.6 Å². The lowest BCUT2D eigenvalue weighted by atomic mass is 10.0. The van der Waals surface area contributed by atoms with Crippen molar-refractivity contribution in [3.8, 4) is 0 Å². The van der Waals surface area contributed by atoms with Crippen LogP contribution in [0.3, 0.4) is 0 Å². The van der Waals surface area contributed by atoms with Gasteiger partial charge in [0.15, 0.2) is 12.2 Å². The van der Waals surface area contributed by atoms with Crippen molar-refractivity contribution in [2.24, 2.45) is 5.92 Å². The topological polar surface area (TPSA) is 237 Å². The maximum atomic E-state index is 13.2. The minimum atomic E-state index is -4.97. The molecule has 0 heterocycles. The van der Waals surface area contributed by atoms with Crippen LogP contribution in [0, 0.1) is 5.92 Å². The smallest absolute Gasteiger partial charge is 0.462 e. The summed E-state index contributed by atoms with van der Waals surface area (Å²) in [7, 11) is -9.93. The van der Waals surface area contributed by atoms with Crippen LogP contribution in [0.2, 0.25) is 0 Å². The first-order chi connectivity index (χ1) is 51.5. The third-order valence-corrected chi connectivity index (χ3v) is 22.4. The molecule has 0 aliphatic heterocycles. The van der Waals surface area contributed by atoms with Crippen molar-refractivity contribution in [2.45, 2.75) is 490 Å². The molecule has 0 aromatic carbocycles. The number of unbranched alkanes of at least 4 members (excludes halogenated alkanes) is 59. The minimum absolute atomic E-state index is 0.109. The molecule has 0 aliphatic rings. The highest BCUT2D eigenvalue weighted by atomic mass is 31.2. The lowest BCUT2D eigenvalue weighted by molar-refractivity contribution is -0.161. The second kappa shape index (κ2) is 79.7. The molecule has 0 amide bonds. The third-order valence-electron chi connectivity index (χ3n) is 20.5. The number of hydrogen-bond acceptors (Lipinski definition) is 15. The summed E-state index contributed by atoms with van der Waals surface area (Å²) in [5.74, 6) is -1.29. The van der Waals surface area contributed by atoms with Crippen molar-refractivity contribution in [3.05, 3.63) is 0 Å². The maximum Gasteiger partial charge on any atom is 0.472 e. The lowest BCUT2D eigenvalue weighted by Crippen LogP contribution is -2.30. The Morgan fingerprint density at radius 1 is 0.255 bits per heavy atom. The first-order valence-corrected chi connectivity index (χ1v) is 48.1. The van der Waals surface area contributed by atoms with E-state index in [1.165, 1.54) is 295 Å². The molecule has 0 spiro atoms. The SMILES string of the molecule is CCCCCCCCCCCCCCCCCCCCCCCCC(=O)O[C@H](COC(=O)CCCCCCCCCCCCCCCCCC(C)C)COP(=O)(O)OC[C@@H](O)COP(=O)(O)OC[C@@H](COC(=O)CCCCCCCCCCCCC)OC(=O)CCCCCCCCCCCCCCCCC. The van der Waals surface area contributed by atoms with Gasteiger partial charge < -0.3 is 33.8 Å². The van der Waals surface area contributed by atoms with E-state index in [9.17, 15) is 43.2 Å². The Morgan fingerprint density at radius 2 is 0.434 bits per heavy atom. The molecule has 19 heteroatoms. The largest absolute Gasteiger partial charge is 0.472 e. The van der Waals surface area contributed by atoms with Crippen LogP contribution >= 0.6 is 15.6 Å². The number of ether oxygens (including phenoxy) is 4. The molecular weight excluding hydrogens is 1380 g/mol. The Hall–Kier alpha value is -1.94. The zero-order chi connectivity index (χ0) is 77.6. The molecule has 2 unspecified atom stereocenters. The summed E-state index contributed by atoms with van der Waals surface area (Å²) in [5.41, 5.74) is 0. The van der Waals surface area contributed by atoms with Crippen molar-refractivity contribution in [3.63, 3.8) is 0 Å². The zero-order valence-electron chi connectivity index (χ0n) is 69.6. The van der Waals surface area contributed by atoms with Crippen LogP contribution in [-0.2, 0) is 65.4 Å². The van der Waals surface area contributed by atoms with E-state index in [1.807, 2.05) is 0 Å². The maximum absolute atomic E-state index is 13.2. The van der Waals surface area contributed by atoms with E-state index in [0.29, 0.717) is 25.7 Å². The van der Waals surface area contributed by atoms with Gasteiger partial charge in [0, 0.05) is 25.7 Å². The number of rotatable bonds is 87. The van der Waals surface area contributed by atoms with Crippen molar-refractivity contribution in [1.29, 1.82) is 0 Å². The summed E-state index contributed by atoms with van der Waals surface area (Å²) in [6.45, 7) is 7.40. The van der Waals surface area contributed by atoms with E-state index in [-0.39, 0.29) is 25.7 Å². The standard InChI is InChI=1S/C87H170O17P2/c1-6-9-12-15-18-21-24-26-28-29-30-31-32-33-34-38-43-48-53-58-63-68-73-87(92)104-83(77-98-85(90)71-66-61-56-51-46-41-39-35-37-40-45-49-54-59-64-69-80(4)5)79-102-106(95,96)100-75-81(88)74-99-105(93,94)101-78-82(76-97-84(89)70-65-60-55-50-44-23-20-17-14-11-8-3)103-86(91)72-67-62-57-52-47-42-36-27-25-22-19-16-13-10-7-2/h80-83,88H,6-79H2,1-5H3,(H,93,94)(H,95,96)/t81-,82+,83+/m0/s1. The Bertz CT molecular complexity index is 2010. The molecule has 0 aromatic rings. The van der Waals surface area contributed by atoms with Gasteiger partial charge >= 0.3 is 39.5 Å². The summed E-state index contributed by atoms with van der Waals surface area (Å²) in [4.78, 5) is 73.2. The molecule has 0 saturated heterocycles. The van der Waals surface area contributed by atoms with E-state index < -0.39 is 97.5 Å². The number of carbonyl (C=O) groups is 4. The number of phosphoric ester groups is 2. The summed E-state index contributed by atoms with van der Waals surface area (Å²) < 4.78 is 68.9. The summed E-state index contributed by atoms with van der Waals surface area (Å²) >= 11 is 0. The minimum Gasteiger partial charge on any atom is -0.462 e. The van der Waals surface area contributed by atoms with Gasteiger partial charge in [-0.1, -0.05) is 420 Å². The Labute approximate surface area is 651 Å². The quantitative estimate of drug-likeness (QED) is 0.0222. The summed E-state index contributed by atoms with van der Waals surface area (Å²) in [6.07, 6.45) is 73.6. The Morgan fingerprint density at radius 3 is 0.642 bits per heavy atom. The van der Waals surface area contributed by atoms with E-state index in [2.05, 4.69) is 34.6 Å². The lowest BCUT2D eigenvalue weighted by Gasteiger charge is -2.21. The molecule has 0 aromatic heterocycles. The van der Waals surface area contributed by atoms with Crippen molar-refractivity contribution in [1.82, 2.24) is 0 Å². The monoisotopic (exact) mass is 1550 g/mol. The van der Waals surface area contributed by atoms with E-state index in [4.69, 9.17) is 37.0 Å². The van der Waals surface area contributed by atoms with Crippen LogP contribution in [-0.4, -0.2) is 96.7 Å². The Balaban J connectivity index is 5.23. The molecule has 0 rings (SSSR count).